The minimum atomic E-state index is 0.305. The van der Waals surface area contributed by atoms with Gasteiger partial charge in [-0.1, -0.05) is 12.1 Å². The molecule has 0 radical (unpaired) electrons. The van der Waals surface area contributed by atoms with Crippen LogP contribution in [0.1, 0.15) is 24.0 Å². The first-order chi connectivity index (χ1) is 11.8. The minimum absolute atomic E-state index is 0.305. The molecule has 1 aliphatic carbocycles. The van der Waals surface area contributed by atoms with E-state index >= 15 is 0 Å². The molecule has 2 aromatic carbocycles. The molecule has 0 bridgehead atoms. The van der Waals surface area contributed by atoms with E-state index in [1.807, 2.05) is 24.4 Å². The van der Waals surface area contributed by atoms with Crippen LogP contribution < -0.4 is 0 Å². The summed E-state index contributed by atoms with van der Waals surface area (Å²) in [5, 5.41) is 12.9. The van der Waals surface area contributed by atoms with E-state index in [0.29, 0.717) is 5.75 Å². The Kier molecular flexibility index (Phi) is 2.89. The average Bonchev–Trinajstić information content (AvgIpc) is 3.10. The van der Waals surface area contributed by atoms with Crippen molar-refractivity contribution >= 4 is 21.8 Å². The molecule has 0 atom stereocenters. The van der Waals surface area contributed by atoms with Crippen LogP contribution >= 0.6 is 0 Å². The zero-order valence-corrected chi connectivity index (χ0v) is 13.3. The molecule has 2 heterocycles. The number of para-hydroxylation sites is 1. The molecular weight excluding hydrogens is 296 g/mol. The SMILES string of the molecule is Oc1ccccc1-c1nc2ccc3[nH]ccc3c2c2c1CCCC2. The Hall–Kier alpha value is -2.81. The van der Waals surface area contributed by atoms with E-state index in [0.717, 1.165) is 35.1 Å². The number of nitrogens with zero attached hydrogens (tertiary/aromatic N) is 1. The molecule has 3 heteroatoms. The smallest absolute Gasteiger partial charge is 0.124 e. The molecule has 5 rings (SSSR count). The zero-order valence-electron chi connectivity index (χ0n) is 13.3. The number of aromatic hydroxyl groups is 1. The Bertz CT molecular complexity index is 1080. The van der Waals surface area contributed by atoms with Gasteiger partial charge in [0.25, 0.3) is 0 Å². The van der Waals surface area contributed by atoms with Crippen LogP contribution in [-0.4, -0.2) is 15.1 Å². The van der Waals surface area contributed by atoms with E-state index < -0.39 is 0 Å². The number of pyridine rings is 1. The van der Waals surface area contributed by atoms with Crippen molar-refractivity contribution in [3.05, 3.63) is 59.8 Å². The molecule has 0 saturated heterocycles. The van der Waals surface area contributed by atoms with Crippen LogP contribution in [0.2, 0.25) is 0 Å². The van der Waals surface area contributed by atoms with Crippen molar-refractivity contribution in [3.8, 4) is 17.0 Å². The molecule has 2 aromatic heterocycles. The molecule has 0 amide bonds. The van der Waals surface area contributed by atoms with Crippen molar-refractivity contribution in [2.75, 3.05) is 0 Å². The molecule has 0 spiro atoms. The normalized spacial score (nSPS) is 14.2. The van der Waals surface area contributed by atoms with Crippen LogP contribution in [0.25, 0.3) is 33.1 Å². The zero-order chi connectivity index (χ0) is 16.1. The first kappa shape index (κ1) is 13.6. The Morgan fingerprint density at radius 1 is 0.917 bits per heavy atom. The number of hydrogen-bond donors (Lipinski definition) is 2. The maximum atomic E-state index is 10.3. The number of fused-ring (bicyclic) bond motifs is 5. The number of rotatable bonds is 1. The molecule has 3 nitrogen and oxygen atoms in total. The third-order valence-corrected chi connectivity index (χ3v) is 5.16. The highest BCUT2D eigenvalue weighted by atomic mass is 16.3. The summed E-state index contributed by atoms with van der Waals surface area (Å²) in [5.74, 6) is 0.305. The van der Waals surface area contributed by atoms with Gasteiger partial charge in [-0.15, -0.1) is 0 Å². The second-order valence-corrected chi connectivity index (χ2v) is 6.54. The van der Waals surface area contributed by atoms with Crippen LogP contribution in [0.3, 0.4) is 0 Å². The standard InChI is InChI=1S/C21H18N2O/c24-19-8-4-3-7-16(19)21-14-6-2-1-5-13(14)20-15-11-12-22-17(15)9-10-18(20)23-21/h3-4,7-12,22,24H,1-2,5-6H2. The van der Waals surface area contributed by atoms with Crippen LogP contribution in [-0.2, 0) is 12.8 Å². The highest BCUT2D eigenvalue weighted by molar-refractivity contribution is 6.08. The lowest BCUT2D eigenvalue weighted by atomic mass is 9.85. The second-order valence-electron chi connectivity index (χ2n) is 6.54. The number of aromatic nitrogens is 2. The van der Waals surface area contributed by atoms with Crippen LogP contribution in [0.15, 0.2) is 48.7 Å². The Morgan fingerprint density at radius 3 is 2.62 bits per heavy atom. The lowest BCUT2D eigenvalue weighted by molar-refractivity contribution is 0.477. The summed E-state index contributed by atoms with van der Waals surface area (Å²) in [4.78, 5) is 8.28. The largest absolute Gasteiger partial charge is 0.507 e. The molecule has 24 heavy (non-hydrogen) atoms. The molecule has 0 aliphatic heterocycles. The summed E-state index contributed by atoms with van der Waals surface area (Å²) < 4.78 is 0. The first-order valence-corrected chi connectivity index (χ1v) is 8.53. The molecule has 1 aliphatic rings. The number of hydrogen-bond acceptors (Lipinski definition) is 2. The van der Waals surface area contributed by atoms with Crippen LogP contribution in [0.5, 0.6) is 5.75 Å². The predicted octanol–water partition coefficient (Wildman–Crippen LogP) is 4.97. The molecule has 0 fully saturated rings. The fourth-order valence-electron chi connectivity index (χ4n) is 4.06. The van der Waals surface area contributed by atoms with Gasteiger partial charge in [-0.05, 0) is 67.1 Å². The summed E-state index contributed by atoms with van der Waals surface area (Å²) >= 11 is 0. The van der Waals surface area contributed by atoms with E-state index in [9.17, 15) is 5.11 Å². The number of benzene rings is 2. The Labute approximate surface area is 140 Å². The van der Waals surface area contributed by atoms with Crippen molar-refractivity contribution in [1.82, 2.24) is 9.97 Å². The van der Waals surface area contributed by atoms with E-state index in [1.54, 1.807) is 6.07 Å². The first-order valence-electron chi connectivity index (χ1n) is 8.53. The maximum Gasteiger partial charge on any atom is 0.124 e. The Balaban J connectivity index is 1.93. The predicted molar refractivity (Wildman–Crippen MR) is 97.3 cm³/mol. The second kappa shape index (κ2) is 5.10. The lowest BCUT2D eigenvalue weighted by Gasteiger charge is -2.22. The average molecular weight is 314 g/mol. The number of aromatic amines is 1. The van der Waals surface area contributed by atoms with Crippen molar-refractivity contribution in [2.45, 2.75) is 25.7 Å². The van der Waals surface area contributed by atoms with E-state index in [1.165, 1.54) is 34.7 Å². The van der Waals surface area contributed by atoms with E-state index in [4.69, 9.17) is 4.98 Å². The van der Waals surface area contributed by atoms with Gasteiger partial charge in [0.1, 0.15) is 5.75 Å². The molecular formula is C21H18N2O. The molecule has 2 N–H and O–H groups in total. The monoisotopic (exact) mass is 314 g/mol. The van der Waals surface area contributed by atoms with Gasteiger partial charge >= 0.3 is 0 Å². The van der Waals surface area contributed by atoms with Gasteiger partial charge in [0.15, 0.2) is 0 Å². The summed E-state index contributed by atoms with van der Waals surface area (Å²) in [7, 11) is 0. The number of H-pyrrole nitrogens is 1. The molecule has 0 saturated carbocycles. The van der Waals surface area contributed by atoms with Gasteiger partial charge < -0.3 is 10.1 Å². The van der Waals surface area contributed by atoms with Crippen molar-refractivity contribution in [2.24, 2.45) is 0 Å². The number of aryl methyl sites for hydroxylation is 1. The highest BCUT2D eigenvalue weighted by Crippen LogP contribution is 2.39. The summed E-state index contributed by atoms with van der Waals surface area (Å²) in [6.07, 6.45) is 6.51. The summed E-state index contributed by atoms with van der Waals surface area (Å²) in [6.45, 7) is 0. The lowest BCUT2D eigenvalue weighted by Crippen LogP contribution is -2.08. The maximum absolute atomic E-state index is 10.3. The van der Waals surface area contributed by atoms with Gasteiger partial charge in [0.2, 0.25) is 0 Å². The molecule has 0 unspecified atom stereocenters. The summed E-state index contributed by atoms with van der Waals surface area (Å²) in [5.41, 5.74) is 6.68. The number of phenols is 1. The summed E-state index contributed by atoms with van der Waals surface area (Å²) in [6, 6.07) is 13.9. The molecule has 118 valence electrons. The molecule has 4 aromatic rings. The van der Waals surface area contributed by atoms with Gasteiger partial charge in [-0.3, -0.25) is 0 Å². The fourth-order valence-corrected chi connectivity index (χ4v) is 4.06. The van der Waals surface area contributed by atoms with Crippen LogP contribution in [0.4, 0.5) is 0 Å². The van der Waals surface area contributed by atoms with Gasteiger partial charge in [0.05, 0.1) is 11.2 Å². The minimum Gasteiger partial charge on any atom is -0.507 e. The van der Waals surface area contributed by atoms with Crippen molar-refractivity contribution in [1.29, 1.82) is 0 Å². The topological polar surface area (TPSA) is 48.9 Å². The highest BCUT2D eigenvalue weighted by Gasteiger charge is 2.21. The van der Waals surface area contributed by atoms with Crippen LogP contribution in [0, 0.1) is 0 Å². The van der Waals surface area contributed by atoms with Crippen molar-refractivity contribution in [3.63, 3.8) is 0 Å². The number of nitrogens with one attached hydrogen (secondary N) is 1. The third-order valence-electron chi connectivity index (χ3n) is 5.16. The third kappa shape index (κ3) is 1.88. The van der Waals surface area contributed by atoms with E-state index in [-0.39, 0.29) is 0 Å². The fraction of sp³-hybridized carbons (Fsp3) is 0.190. The number of phenolic OH excluding ortho intramolecular Hbond substituents is 1. The van der Waals surface area contributed by atoms with Gasteiger partial charge in [-0.25, -0.2) is 4.98 Å². The van der Waals surface area contributed by atoms with Gasteiger partial charge in [-0.2, -0.15) is 0 Å². The van der Waals surface area contributed by atoms with E-state index in [2.05, 4.69) is 23.2 Å². The van der Waals surface area contributed by atoms with Gasteiger partial charge in [0, 0.05) is 28.0 Å². The Morgan fingerprint density at radius 2 is 1.75 bits per heavy atom. The quantitative estimate of drug-likeness (QED) is 0.521. The van der Waals surface area contributed by atoms with Crippen molar-refractivity contribution < 1.29 is 5.11 Å².